The van der Waals surface area contributed by atoms with Crippen LogP contribution in [0.2, 0.25) is 0 Å². The Morgan fingerprint density at radius 2 is 1.77 bits per heavy atom. The van der Waals surface area contributed by atoms with Crippen LogP contribution in [0.3, 0.4) is 0 Å². The molecule has 35 heavy (non-hydrogen) atoms. The van der Waals surface area contributed by atoms with E-state index >= 15 is 0 Å². The van der Waals surface area contributed by atoms with Gasteiger partial charge in [0.05, 0.1) is 12.1 Å². The van der Waals surface area contributed by atoms with Gasteiger partial charge in [0.2, 0.25) is 0 Å². The van der Waals surface area contributed by atoms with E-state index in [1.54, 1.807) is 0 Å². The molecule has 2 N–H and O–H groups in total. The van der Waals surface area contributed by atoms with Crippen LogP contribution in [0.15, 0.2) is 66.7 Å². The van der Waals surface area contributed by atoms with Crippen LogP contribution in [0.4, 0.5) is 0 Å². The zero-order valence-corrected chi connectivity index (χ0v) is 20.9. The van der Waals surface area contributed by atoms with Gasteiger partial charge >= 0.3 is 0 Å². The van der Waals surface area contributed by atoms with Crippen molar-refractivity contribution in [2.45, 2.75) is 32.1 Å². The lowest BCUT2D eigenvalue weighted by Gasteiger charge is -2.32. The van der Waals surface area contributed by atoms with E-state index in [2.05, 4.69) is 83.7 Å². The number of rotatable bonds is 8. The van der Waals surface area contributed by atoms with Gasteiger partial charge in [-0.15, -0.1) is 0 Å². The van der Waals surface area contributed by atoms with Gasteiger partial charge < -0.3 is 20.1 Å². The summed E-state index contributed by atoms with van der Waals surface area (Å²) in [6, 6.07) is 23.2. The average molecular weight is 472 g/mol. The van der Waals surface area contributed by atoms with Crippen molar-refractivity contribution >= 4 is 0 Å². The molecule has 2 atom stereocenters. The Morgan fingerprint density at radius 1 is 0.971 bits per heavy atom. The summed E-state index contributed by atoms with van der Waals surface area (Å²) >= 11 is 0. The Bertz CT molecular complexity index is 1130. The van der Waals surface area contributed by atoms with Crippen molar-refractivity contribution in [1.29, 1.82) is 0 Å². The van der Waals surface area contributed by atoms with E-state index in [1.165, 1.54) is 33.4 Å². The Balaban J connectivity index is 1.19. The van der Waals surface area contributed by atoms with E-state index < -0.39 is 6.10 Å². The third-order valence-electron chi connectivity index (χ3n) is 7.58. The van der Waals surface area contributed by atoms with Crippen molar-refractivity contribution in [3.8, 4) is 16.9 Å². The molecular weight excluding hydrogens is 434 g/mol. The van der Waals surface area contributed by atoms with Crippen LogP contribution < -0.4 is 10.1 Å². The fraction of sp³-hybridized carbons (Fsp3) is 0.400. The Hall–Kier alpha value is -2.70. The summed E-state index contributed by atoms with van der Waals surface area (Å²) in [4.78, 5) is 4.88. The van der Waals surface area contributed by atoms with E-state index in [0.717, 1.165) is 45.0 Å². The van der Waals surface area contributed by atoms with Crippen LogP contribution >= 0.6 is 0 Å². The monoisotopic (exact) mass is 471 g/mol. The van der Waals surface area contributed by atoms with Crippen LogP contribution in [-0.2, 0) is 13.0 Å². The van der Waals surface area contributed by atoms with Crippen molar-refractivity contribution in [2.75, 3.05) is 46.3 Å². The molecule has 1 heterocycles. The highest BCUT2D eigenvalue weighted by Crippen LogP contribution is 2.34. The number of benzene rings is 3. The summed E-state index contributed by atoms with van der Waals surface area (Å²) in [7, 11) is 2.18. The van der Waals surface area contributed by atoms with Crippen LogP contribution in [0, 0.1) is 6.92 Å². The molecule has 5 rings (SSSR count). The molecule has 1 fully saturated rings. The van der Waals surface area contributed by atoms with E-state index in [9.17, 15) is 5.11 Å². The summed E-state index contributed by atoms with van der Waals surface area (Å²) < 4.78 is 6.22. The molecule has 1 saturated heterocycles. The van der Waals surface area contributed by atoms with Gasteiger partial charge in [-0.2, -0.15) is 0 Å². The minimum absolute atomic E-state index is 0.00341. The summed E-state index contributed by atoms with van der Waals surface area (Å²) in [6.45, 7) is 9.11. The zero-order valence-electron chi connectivity index (χ0n) is 20.9. The zero-order chi connectivity index (χ0) is 24.2. The Labute approximate surface area is 209 Å². The van der Waals surface area contributed by atoms with Crippen molar-refractivity contribution in [1.82, 2.24) is 15.1 Å². The van der Waals surface area contributed by atoms with E-state index in [-0.39, 0.29) is 6.04 Å². The number of ether oxygens (including phenoxy) is 1. The molecule has 0 unspecified atom stereocenters. The van der Waals surface area contributed by atoms with E-state index in [1.807, 2.05) is 12.1 Å². The number of hydrogen-bond acceptors (Lipinski definition) is 5. The van der Waals surface area contributed by atoms with Crippen molar-refractivity contribution in [2.24, 2.45) is 0 Å². The third kappa shape index (κ3) is 5.60. The first-order chi connectivity index (χ1) is 17.1. The largest absolute Gasteiger partial charge is 0.489 e. The minimum atomic E-state index is -0.391. The first kappa shape index (κ1) is 24.0. The second kappa shape index (κ2) is 10.9. The maximum absolute atomic E-state index is 10.7. The molecule has 1 aliphatic heterocycles. The van der Waals surface area contributed by atoms with Crippen molar-refractivity contribution in [3.63, 3.8) is 0 Å². The van der Waals surface area contributed by atoms with Gasteiger partial charge in [-0.1, -0.05) is 54.6 Å². The summed E-state index contributed by atoms with van der Waals surface area (Å²) in [6.07, 6.45) is 0.277. The van der Waals surface area contributed by atoms with Gasteiger partial charge in [0, 0.05) is 45.7 Å². The lowest BCUT2D eigenvalue weighted by atomic mass is 9.97. The van der Waals surface area contributed by atoms with Crippen molar-refractivity contribution in [3.05, 3.63) is 89.0 Å². The van der Waals surface area contributed by atoms with Crippen LogP contribution in [0.1, 0.15) is 28.3 Å². The number of aliphatic hydroxyl groups is 1. The van der Waals surface area contributed by atoms with Crippen molar-refractivity contribution < 1.29 is 9.84 Å². The molecule has 5 nitrogen and oxygen atoms in total. The maximum atomic E-state index is 10.7. The number of piperazine rings is 1. The van der Waals surface area contributed by atoms with Crippen LogP contribution in [0.25, 0.3) is 11.1 Å². The highest BCUT2D eigenvalue weighted by Gasteiger charge is 2.31. The number of fused-ring (bicyclic) bond motifs is 1. The fourth-order valence-corrected chi connectivity index (χ4v) is 5.33. The van der Waals surface area contributed by atoms with E-state index in [4.69, 9.17) is 4.74 Å². The normalized spacial score (nSPS) is 20.7. The number of aliphatic hydroxyl groups excluding tert-OH is 1. The highest BCUT2D eigenvalue weighted by molar-refractivity contribution is 5.68. The summed E-state index contributed by atoms with van der Waals surface area (Å²) in [5, 5.41) is 14.3. The molecule has 1 aliphatic carbocycles. The van der Waals surface area contributed by atoms with Gasteiger partial charge in [0.1, 0.15) is 12.4 Å². The molecule has 0 saturated carbocycles. The number of nitrogens with one attached hydrogen (secondary N) is 1. The van der Waals surface area contributed by atoms with E-state index in [0.29, 0.717) is 13.0 Å². The quantitative estimate of drug-likeness (QED) is 0.519. The smallest absolute Gasteiger partial charge is 0.120 e. The molecule has 0 aromatic heterocycles. The van der Waals surface area contributed by atoms with Crippen LogP contribution in [0.5, 0.6) is 5.75 Å². The van der Waals surface area contributed by atoms with Gasteiger partial charge in [-0.3, -0.25) is 4.90 Å². The molecule has 0 spiro atoms. The predicted octanol–water partition coefficient (Wildman–Crippen LogP) is 4.04. The Kier molecular flexibility index (Phi) is 7.49. The topological polar surface area (TPSA) is 48.0 Å². The average Bonchev–Trinajstić information content (AvgIpc) is 3.19. The third-order valence-corrected chi connectivity index (χ3v) is 7.58. The minimum Gasteiger partial charge on any atom is -0.489 e. The molecule has 0 bridgehead atoms. The molecule has 3 aromatic rings. The van der Waals surface area contributed by atoms with Gasteiger partial charge in [0.15, 0.2) is 0 Å². The molecule has 5 heteroatoms. The molecule has 184 valence electrons. The van der Waals surface area contributed by atoms with Crippen LogP contribution in [-0.4, -0.2) is 67.3 Å². The number of nitrogens with zero attached hydrogens (tertiary/aromatic N) is 2. The second-order valence-corrected chi connectivity index (χ2v) is 9.95. The summed E-state index contributed by atoms with van der Waals surface area (Å²) in [5.41, 5.74) is 7.29. The van der Waals surface area contributed by atoms with Gasteiger partial charge in [-0.05, 0) is 59.5 Å². The van der Waals surface area contributed by atoms with Gasteiger partial charge in [0.25, 0.3) is 0 Å². The first-order valence-corrected chi connectivity index (χ1v) is 12.8. The molecule has 0 amide bonds. The number of likely N-dealkylation sites (N-methyl/N-ethyl adjacent to an activating group) is 1. The number of hydrogen-bond donors (Lipinski definition) is 2. The predicted molar refractivity (Wildman–Crippen MR) is 142 cm³/mol. The SMILES string of the molecule is Cc1c(COc2ccc3c(c2)C[C@@H](O)[C@H]3NCCN2CCN(C)CC2)cccc1-c1ccccc1. The fourth-order valence-electron chi connectivity index (χ4n) is 5.33. The second-order valence-electron chi connectivity index (χ2n) is 9.95. The summed E-state index contributed by atoms with van der Waals surface area (Å²) in [5.74, 6) is 0.860. The highest BCUT2D eigenvalue weighted by atomic mass is 16.5. The first-order valence-electron chi connectivity index (χ1n) is 12.8. The van der Waals surface area contributed by atoms with Gasteiger partial charge in [-0.25, -0.2) is 0 Å². The molecular formula is C30H37N3O2. The molecule has 2 aliphatic rings. The lowest BCUT2D eigenvalue weighted by molar-refractivity contribution is 0.129. The molecule has 0 radical (unpaired) electrons. The standard InChI is InChI=1S/C30H37N3O2/c1-22-24(9-6-10-27(22)23-7-4-3-5-8-23)21-35-26-11-12-28-25(19-26)20-29(34)30(28)31-13-14-33-17-15-32(2)16-18-33/h3-12,19,29-31,34H,13-18,20-21H2,1-2H3/t29-,30+/m1/s1. The lowest BCUT2D eigenvalue weighted by Crippen LogP contribution is -2.47. The maximum Gasteiger partial charge on any atom is 0.120 e. The molecule has 3 aromatic carbocycles. The Morgan fingerprint density at radius 3 is 2.57 bits per heavy atom.